The third-order valence-electron chi connectivity index (χ3n) is 4.84. The van der Waals surface area contributed by atoms with Crippen LogP contribution < -0.4 is 16.0 Å². The first-order chi connectivity index (χ1) is 15.2. The number of amides is 3. The Morgan fingerprint density at radius 2 is 2.03 bits per heavy atom. The van der Waals surface area contributed by atoms with E-state index in [0.717, 1.165) is 5.56 Å². The maximum atomic E-state index is 12.3. The Morgan fingerprint density at radius 3 is 2.66 bits per heavy atom. The summed E-state index contributed by atoms with van der Waals surface area (Å²) in [5, 5.41) is 2.78. The molecule has 1 saturated heterocycles. The molecule has 10 nitrogen and oxygen atoms in total. The van der Waals surface area contributed by atoms with Gasteiger partial charge in [0.2, 0.25) is 0 Å². The highest BCUT2D eigenvalue weighted by Crippen LogP contribution is 2.25. The first-order valence-electron chi connectivity index (χ1n) is 10.2. The largest absolute Gasteiger partial charge is 0.616 e. The highest BCUT2D eigenvalue weighted by atomic mass is 32.2. The van der Waals surface area contributed by atoms with Gasteiger partial charge in [0.15, 0.2) is 11.6 Å². The summed E-state index contributed by atoms with van der Waals surface area (Å²) >= 11 is -1.46. The normalized spacial score (nSPS) is 17.0. The van der Waals surface area contributed by atoms with Crippen molar-refractivity contribution in [1.82, 2.24) is 14.9 Å². The number of nitrogens with zero attached hydrogens (tertiary/aromatic N) is 4. The standard InChI is InChI=1S/C21H28N6O4S/c1-14-11-31-9-8-27(14)19-10-17(12-32(30)13-18(22)28)23-20(25-19)15-4-6-16(7-5-15)24-21(29)26(2)3/h4-7,10,14H,8-9,11-13H2,1-3H3,(H2,22,28)(H,24,29)/t14-,32?/m0/s1. The number of nitrogens with two attached hydrogens (primary N) is 1. The minimum atomic E-state index is -1.46. The zero-order valence-electron chi connectivity index (χ0n) is 18.4. The van der Waals surface area contributed by atoms with Crippen molar-refractivity contribution in [3.63, 3.8) is 0 Å². The van der Waals surface area contributed by atoms with Crippen molar-refractivity contribution in [1.29, 1.82) is 0 Å². The van der Waals surface area contributed by atoms with Crippen molar-refractivity contribution >= 4 is 34.6 Å². The van der Waals surface area contributed by atoms with Gasteiger partial charge in [-0.1, -0.05) is 0 Å². The van der Waals surface area contributed by atoms with Crippen molar-refractivity contribution in [3.8, 4) is 11.4 Å². The molecule has 11 heteroatoms. The van der Waals surface area contributed by atoms with E-state index in [1.54, 1.807) is 32.3 Å². The molecule has 172 valence electrons. The van der Waals surface area contributed by atoms with E-state index in [0.29, 0.717) is 42.8 Å². The number of morpholine rings is 1. The Morgan fingerprint density at radius 1 is 1.31 bits per heavy atom. The number of urea groups is 1. The Balaban J connectivity index is 1.91. The van der Waals surface area contributed by atoms with Crippen LogP contribution >= 0.6 is 0 Å². The van der Waals surface area contributed by atoms with Crippen molar-refractivity contribution in [2.75, 3.05) is 49.8 Å². The van der Waals surface area contributed by atoms with Crippen molar-refractivity contribution in [3.05, 3.63) is 36.0 Å². The van der Waals surface area contributed by atoms with Gasteiger partial charge in [-0.05, 0) is 42.4 Å². The lowest BCUT2D eigenvalue weighted by atomic mass is 10.2. The summed E-state index contributed by atoms with van der Waals surface area (Å²) in [5.74, 6) is 0.443. The number of hydrogen-bond acceptors (Lipinski definition) is 7. The average Bonchev–Trinajstić information content (AvgIpc) is 2.73. The SMILES string of the molecule is C[C@H]1COCCN1c1cc(C[S+]([O-])CC(N)=O)nc(-c2ccc(NC(=O)N(C)C)cc2)n1. The molecule has 0 saturated carbocycles. The summed E-state index contributed by atoms with van der Waals surface area (Å²) in [5.41, 5.74) is 7.14. The van der Waals surface area contributed by atoms with E-state index in [1.165, 1.54) is 4.90 Å². The number of benzene rings is 1. The zero-order valence-corrected chi connectivity index (χ0v) is 19.2. The van der Waals surface area contributed by atoms with Crippen molar-refractivity contribution < 1.29 is 18.9 Å². The quantitative estimate of drug-likeness (QED) is 0.592. The lowest BCUT2D eigenvalue weighted by Crippen LogP contribution is -2.44. The molecule has 1 aliphatic rings. The van der Waals surface area contributed by atoms with Gasteiger partial charge >= 0.3 is 6.03 Å². The van der Waals surface area contributed by atoms with Gasteiger partial charge < -0.3 is 30.1 Å². The minimum absolute atomic E-state index is 0.0984. The molecule has 0 spiro atoms. The van der Waals surface area contributed by atoms with Crippen LogP contribution in [0.25, 0.3) is 11.4 Å². The third kappa shape index (κ3) is 6.31. The molecule has 1 fully saturated rings. The topological polar surface area (TPSA) is 137 Å². The predicted molar refractivity (Wildman–Crippen MR) is 124 cm³/mol. The maximum Gasteiger partial charge on any atom is 0.321 e. The lowest BCUT2D eigenvalue weighted by molar-refractivity contribution is -0.115. The van der Waals surface area contributed by atoms with Gasteiger partial charge in [0.05, 0.1) is 24.9 Å². The highest BCUT2D eigenvalue weighted by Gasteiger charge is 2.23. The Labute approximate surface area is 190 Å². The molecule has 1 unspecified atom stereocenters. The summed E-state index contributed by atoms with van der Waals surface area (Å²) in [6.07, 6.45) is 0. The second kappa shape index (κ2) is 10.6. The lowest BCUT2D eigenvalue weighted by Gasteiger charge is -2.34. The molecule has 3 rings (SSSR count). The van der Waals surface area contributed by atoms with Crippen LogP contribution in [0.2, 0.25) is 0 Å². The first kappa shape index (κ1) is 23.8. The smallest absolute Gasteiger partial charge is 0.321 e. The Kier molecular flexibility index (Phi) is 7.89. The molecular formula is C21H28N6O4S. The van der Waals surface area contributed by atoms with Crippen molar-refractivity contribution in [2.24, 2.45) is 5.73 Å². The maximum absolute atomic E-state index is 12.3. The molecule has 0 aliphatic carbocycles. The number of nitrogens with one attached hydrogen (secondary N) is 1. The van der Waals surface area contributed by atoms with Gasteiger partial charge in [-0.25, -0.2) is 14.8 Å². The molecule has 0 radical (unpaired) electrons. The highest BCUT2D eigenvalue weighted by molar-refractivity contribution is 7.91. The summed E-state index contributed by atoms with van der Waals surface area (Å²) in [4.78, 5) is 35.9. The molecule has 0 bridgehead atoms. The van der Waals surface area contributed by atoms with Gasteiger partial charge in [-0.2, -0.15) is 0 Å². The Hall–Kier alpha value is -2.89. The molecule has 1 aliphatic heterocycles. The number of ether oxygens (including phenoxy) is 1. The number of anilines is 2. The number of carbonyl (C=O) groups excluding carboxylic acids is 2. The second-order valence-electron chi connectivity index (χ2n) is 7.76. The van der Waals surface area contributed by atoms with Crippen LogP contribution in [-0.4, -0.2) is 77.0 Å². The fourth-order valence-corrected chi connectivity index (χ4v) is 4.11. The van der Waals surface area contributed by atoms with Crippen LogP contribution in [-0.2, 0) is 26.5 Å². The van der Waals surface area contributed by atoms with Crippen LogP contribution in [0, 0.1) is 0 Å². The average molecular weight is 461 g/mol. The number of aromatic nitrogens is 2. The van der Waals surface area contributed by atoms with E-state index in [4.69, 9.17) is 15.5 Å². The molecule has 1 aromatic heterocycles. The molecule has 32 heavy (non-hydrogen) atoms. The van der Waals surface area contributed by atoms with Gasteiger partial charge in [0, 0.05) is 38.0 Å². The molecule has 2 aromatic rings. The summed E-state index contributed by atoms with van der Waals surface area (Å²) < 4.78 is 17.8. The van der Waals surface area contributed by atoms with E-state index in [2.05, 4.69) is 15.2 Å². The molecule has 2 heterocycles. The minimum Gasteiger partial charge on any atom is -0.616 e. The summed E-state index contributed by atoms with van der Waals surface area (Å²) in [6, 6.07) is 8.88. The molecule has 2 atom stereocenters. The second-order valence-corrected chi connectivity index (χ2v) is 9.21. The Bertz CT molecular complexity index is 956. The van der Waals surface area contributed by atoms with E-state index in [1.807, 2.05) is 19.1 Å². The van der Waals surface area contributed by atoms with Gasteiger partial charge in [-0.15, -0.1) is 0 Å². The third-order valence-corrected chi connectivity index (χ3v) is 6.06. The number of carbonyl (C=O) groups is 2. The van der Waals surface area contributed by atoms with Gasteiger partial charge in [-0.3, -0.25) is 4.79 Å². The van der Waals surface area contributed by atoms with Crippen LogP contribution in [0.3, 0.4) is 0 Å². The van der Waals surface area contributed by atoms with E-state index in [-0.39, 0.29) is 23.6 Å². The monoisotopic (exact) mass is 460 g/mol. The fraction of sp³-hybridized carbons (Fsp3) is 0.429. The number of rotatable bonds is 7. The van der Waals surface area contributed by atoms with Crippen LogP contribution in [0.15, 0.2) is 30.3 Å². The van der Waals surface area contributed by atoms with E-state index < -0.39 is 17.1 Å². The van der Waals surface area contributed by atoms with Crippen LogP contribution in [0.1, 0.15) is 12.6 Å². The fourth-order valence-electron chi connectivity index (χ4n) is 3.21. The van der Waals surface area contributed by atoms with Crippen LogP contribution in [0.4, 0.5) is 16.3 Å². The zero-order chi connectivity index (χ0) is 23.3. The van der Waals surface area contributed by atoms with Gasteiger partial charge in [0.25, 0.3) is 5.91 Å². The summed E-state index contributed by atoms with van der Waals surface area (Å²) in [7, 11) is 3.33. The molecule has 3 N–H and O–H groups in total. The first-order valence-corrected chi connectivity index (χ1v) is 11.7. The van der Waals surface area contributed by atoms with Crippen molar-refractivity contribution in [2.45, 2.75) is 18.7 Å². The number of primary amides is 1. The van der Waals surface area contributed by atoms with E-state index >= 15 is 0 Å². The molecule has 1 aromatic carbocycles. The number of hydrogen-bond donors (Lipinski definition) is 2. The summed E-state index contributed by atoms with van der Waals surface area (Å²) in [6.45, 7) is 3.90. The van der Waals surface area contributed by atoms with Gasteiger partial charge in [0.1, 0.15) is 11.6 Å². The molecular weight excluding hydrogens is 432 g/mol. The van der Waals surface area contributed by atoms with Crippen LogP contribution in [0.5, 0.6) is 0 Å². The van der Waals surface area contributed by atoms with E-state index in [9.17, 15) is 14.1 Å². The predicted octanol–water partition coefficient (Wildman–Crippen LogP) is 1.20. The molecule has 3 amide bonds.